The van der Waals surface area contributed by atoms with Crippen LogP contribution in [0.15, 0.2) is 24.3 Å². The Morgan fingerprint density at radius 2 is 1.93 bits per heavy atom. The lowest BCUT2D eigenvalue weighted by Gasteiger charge is -2.35. The van der Waals surface area contributed by atoms with Gasteiger partial charge in [0.05, 0.1) is 18.1 Å². The molecule has 0 aliphatic carbocycles. The monoisotopic (exact) mass is 375 g/mol. The van der Waals surface area contributed by atoms with Crippen molar-refractivity contribution in [1.29, 1.82) is 0 Å². The molecule has 1 saturated heterocycles. The van der Waals surface area contributed by atoms with Gasteiger partial charge in [0.15, 0.2) is 0 Å². The van der Waals surface area contributed by atoms with Gasteiger partial charge < -0.3 is 18.8 Å². The summed E-state index contributed by atoms with van der Waals surface area (Å²) in [6.45, 7) is 12.4. The standard InChI is InChI=1S/C20H30BNO5/c1-18(2,3)25-17(23)22-12-14-10-8-9-11-15(14)16(22)21-26-19(4,5)20(6,27-21)13-24-7/h8-11,16H,12-13H2,1-7H3. The van der Waals surface area contributed by atoms with Crippen LogP contribution in [0.1, 0.15) is 58.6 Å². The minimum absolute atomic E-state index is 0.367. The van der Waals surface area contributed by atoms with E-state index in [4.69, 9.17) is 18.8 Å². The Morgan fingerprint density at radius 3 is 2.56 bits per heavy atom. The molecular formula is C20H30BNO5. The first kappa shape index (κ1) is 20.2. The van der Waals surface area contributed by atoms with Gasteiger partial charge in [0.25, 0.3) is 0 Å². The number of hydrogen-bond donors (Lipinski definition) is 0. The Labute approximate surface area is 162 Å². The van der Waals surface area contributed by atoms with Crippen LogP contribution in [0.25, 0.3) is 0 Å². The third-order valence-electron chi connectivity index (χ3n) is 5.42. The molecule has 1 amide bonds. The number of nitrogens with zero attached hydrogens (tertiary/aromatic N) is 1. The van der Waals surface area contributed by atoms with E-state index in [9.17, 15) is 4.79 Å². The van der Waals surface area contributed by atoms with Crippen LogP contribution >= 0.6 is 0 Å². The van der Waals surface area contributed by atoms with Gasteiger partial charge in [-0.25, -0.2) is 4.79 Å². The largest absolute Gasteiger partial charge is 0.487 e. The van der Waals surface area contributed by atoms with Crippen LogP contribution in [0.5, 0.6) is 0 Å². The van der Waals surface area contributed by atoms with Crippen molar-refractivity contribution in [2.24, 2.45) is 0 Å². The zero-order chi connectivity index (χ0) is 20.0. The fraction of sp³-hybridized carbons (Fsp3) is 0.650. The molecule has 1 fully saturated rings. The summed E-state index contributed by atoms with van der Waals surface area (Å²) >= 11 is 0. The van der Waals surface area contributed by atoms with Crippen molar-refractivity contribution in [2.45, 2.75) is 70.8 Å². The van der Waals surface area contributed by atoms with Crippen LogP contribution in [0, 0.1) is 0 Å². The average Bonchev–Trinajstić information content (AvgIpc) is 3.01. The molecule has 7 heteroatoms. The smallest absolute Gasteiger partial charge is 0.444 e. The number of ether oxygens (including phenoxy) is 2. The van der Waals surface area contributed by atoms with Gasteiger partial charge in [0, 0.05) is 13.7 Å². The molecule has 27 heavy (non-hydrogen) atoms. The summed E-state index contributed by atoms with van der Waals surface area (Å²) in [5.41, 5.74) is 0.357. The molecule has 0 bridgehead atoms. The molecule has 0 radical (unpaired) electrons. The number of amides is 1. The van der Waals surface area contributed by atoms with Gasteiger partial charge in [-0.2, -0.15) is 0 Å². The average molecular weight is 375 g/mol. The zero-order valence-electron chi connectivity index (χ0n) is 17.4. The molecule has 1 aromatic rings. The second-order valence-corrected chi connectivity index (χ2v) is 9.03. The van der Waals surface area contributed by atoms with E-state index in [0.717, 1.165) is 11.1 Å². The summed E-state index contributed by atoms with van der Waals surface area (Å²) in [4.78, 5) is 14.6. The Bertz CT molecular complexity index is 717. The number of methoxy groups -OCH3 is 1. The molecule has 1 aromatic carbocycles. The summed E-state index contributed by atoms with van der Waals surface area (Å²) in [7, 11) is 1.05. The highest BCUT2D eigenvalue weighted by Crippen LogP contribution is 2.45. The van der Waals surface area contributed by atoms with Crippen molar-refractivity contribution < 1.29 is 23.6 Å². The molecule has 2 unspecified atom stereocenters. The van der Waals surface area contributed by atoms with E-state index >= 15 is 0 Å². The number of carbonyl (C=O) groups is 1. The Kier molecular flexibility index (Phi) is 5.08. The topological polar surface area (TPSA) is 57.2 Å². The van der Waals surface area contributed by atoms with Gasteiger partial charge in [-0.3, -0.25) is 4.90 Å². The van der Waals surface area contributed by atoms with Crippen LogP contribution in [0.3, 0.4) is 0 Å². The predicted molar refractivity (Wildman–Crippen MR) is 103 cm³/mol. The Balaban J connectivity index is 1.93. The van der Waals surface area contributed by atoms with E-state index in [0.29, 0.717) is 13.2 Å². The molecular weight excluding hydrogens is 345 g/mol. The van der Waals surface area contributed by atoms with E-state index in [2.05, 4.69) is 0 Å². The lowest BCUT2D eigenvalue weighted by molar-refractivity contribution is -0.0595. The first-order valence-electron chi connectivity index (χ1n) is 9.39. The minimum Gasteiger partial charge on any atom is -0.444 e. The molecule has 2 heterocycles. The number of fused-ring (bicyclic) bond motifs is 1. The van der Waals surface area contributed by atoms with Crippen LogP contribution in [-0.2, 0) is 25.3 Å². The fourth-order valence-electron chi connectivity index (χ4n) is 3.66. The summed E-state index contributed by atoms with van der Waals surface area (Å²) in [5, 5.41) is 0. The fourth-order valence-corrected chi connectivity index (χ4v) is 3.66. The summed E-state index contributed by atoms with van der Waals surface area (Å²) in [6, 6.07) is 8.00. The van der Waals surface area contributed by atoms with Gasteiger partial charge in [0.2, 0.25) is 0 Å². The molecule has 3 rings (SSSR count). The Hall–Kier alpha value is -1.57. The second-order valence-electron chi connectivity index (χ2n) is 9.03. The zero-order valence-corrected chi connectivity index (χ0v) is 17.4. The predicted octanol–water partition coefficient (Wildman–Crippen LogP) is 3.74. The minimum atomic E-state index is -0.621. The van der Waals surface area contributed by atoms with E-state index in [1.807, 2.05) is 65.8 Å². The molecule has 148 valence electrons. The van der Waals surface area contributed by atoms with Crippen molar-refractivity contribution >= 4 is 13.2 Å². The normalized spacial score (nSPS) is 27.0. The first-order chi connectivity index (χ1) is 12.5. The maximum absolute atomic E-state index is 12.9. The van der Waals surface area contributed by atoms with E-state index in [1.165, 1.54) is 0 Å². The lowest BCUT2D eigenvalue weighted by Crippen LogP contribution is -2.48. The molecule has 2 atom stereocenters. The maximum Gasteiger partial charge on any atom is 0.487 e. The van der Waals surface area contributed by atoms with Gasteiger partial charge >= 0.3 is 13.2 Å². The highest BCUT2D eigenvalue weighted by atomic mass is 16.7. The summed E-state index contributed by atoms with van der Waals surface area (Å²) in [5.74, 6) is -0.367. The van der Waals surface area contributed by atoms with Crippen LogP contribution in [0.4, 0.5) is 4.79 Å². The SMILES string of the molecule is COCC1(C)OB(C2c3ccccc3CN2C(=O)OC(C)(C)C)OC1(C)C. The quantitative estimate of drug-likeness (QED) is 0.754. The molecule has 2 aliphatic rings. The highest BCUT2D eigenvalue weighted by molar-refractivity contribution is 6.48. The number of carbonyl (C=O) groups excluding carboxylic acids is 1. The van der Waals surface area contributed by atoms with Gasteiger partial charge in [0.1, 0.15) is 11.2 Å². The third kappa shape index (κ3) is 3.73. The van der Waals surface area contributed by atoms with Crippen molar-refractivity contribution in [3.63, 3.8) is 0 Å². The van der Waals surface area contributed by atoms with Gasteiger partial charge in [-0.1, -0.05) is 24.3 Å². The molecule has 0 saturated carbocycles. The highest BCUT2D eigenvalue weighted by Gasteiger charge is 2.59. The van der Waals surface area contributed by atoms with E-state index in [1.54, 1.807) is 12.0 Å². The molecule has 0 spiro atoms. The number of benzene rings is 1. The maximum atomic E-state index is 12.9. The molecule has 0 N–H and O–H groups in total. The third-order valence-corrected chi connectivity index (χ3v) is 5.42. The Morgan fingerprint density at radius 1 is 1.26 bits per heavy atom. The first-order valence-corrected chi connectivity index (χ1v) is 9.39. The number of rotatable bonds is 3. The van der Waals surface area contributed by atoms with Crippen LogP contribution < -0.4 is 0 Å². The van der Waals surface area contributed by atoms with Crippen molar-refractivity contribution in [2.75, 3.05) is 13.7 Å². The molecule has 0 aromatic heterocycles. The second kappa shape index (κ2) is 6.80. The van der Waals surface area contributed by atoms with E-state index < -0.39 is 23.9 Å². The molecule has 2 aliphatic heterocycles. The van der Waals surface area contributed by atoms with Gasteiger partial charge in [-0.15, -0.1) is 0 Å². The van der Waals surface area contributed by atoms with Crippen molar-refractivity contribution in [3.05, 3.63) is 35.4 Å². The van der Waals surface area contributed by atoms with Crippen LogP contribution in [-0.4, -0.2) is 48.6 Å². The lowest BCUT2D eigenvalue weighted by atomic mass is 9.74. The number of hydrogen-bond acceptors (Lipinski definition) is 5. The van der Waals surface area contributed by atoms with Crippen molar-refractivity contribution in [1.82, 2.24) is 4.90 Å². The van der Waals surface area contributed by atoms with Crippen molar-refractivity contribution in [3.8, 4) is 0 Å². The molecule has 6 nitrogen and oxygen atoms in total. The van der Waals surface area contributed by atoms with Crippen LogP contribution in [0.2, 0.25) is 0 Å². The van der Waals surface area contributed by atoms with Gasteiger partial charge in [-0.05, 0) is 52.7 Å². The van der Waals surface area contributed by atoms with E-state index in [-0.39, 0.29) is 12.0 Å². The summed E-state index contributed by atoms with van der Waals surface area (Å²) in [6.07, 6.45) is -0.367. The summed E-state index contributed by atoms with van der Waals surface area (Å²) < 4.78 is 23.7.